The Morgan fingerprint density at radius 1 is 1.78 bits per heavy atom. The lowest BCUT2D eigenvalue weighted by molar-refractivity contribution is -0.145. The smallest absolute Gasteiger partial charge is 0.342 e. The van der Waals surface area contributed by atoms with Gasteiger partial charge < -0.3 is 10.6 Å². The van der Waals surface area contributed by atoms with E-state index in [0.717, 1.165) is 0 Å². The summed E-state index contributed by atoms with van der Waals surface area (Å²) in [5, 5.41) is 0. The highest BCUT2D eigenvalue weighted by Crippen LogP contribution is 1.83. The molecular formula is C3H9ClN2O2S. The van der Waals surface area contributed by atoms with Gasteiger partial charge in [0.2, 0.25) is 0 Å². The molecule has 0 aromatic carbocycles. The highest BCUT2D eigenvalue weighted by Gasteiger charge is 2.10. The van der Waals surface area contributed by atoms with E-state index >= 15 is 0 Å². The van der Waals surface area contributed by atoms with Gasteiger partial charge in [-0.15, -0.1) is 12.4 Å². The molecule has 9 heavy (non-hydrogen) atoms. The molecule has 0 saturated heterocycles. The molecule has 0 heterocycles. The van der Waals surface area contributed by atoms with Crippen LogP contribution in [-0.2, 0) is 9.63 Å². The minimum atomic E-state index is -0.705. The average molecular weight is 173 g/mol. The zero-order valence-electron chi connectivity index (χ0n) is 4.61. The van der Waals surface area contributed by atoms with Gasteiger partial charge >= 0.3 is 5.97 Å². The molecule has 4 N–H and O–H groups in total. The monoisotopic (exact) mass is 172 g/mol. The Morgan fingerprint density at radius 2 is 2.22 bits per heavy atom. The van der Waals surface area contributed by atoms with E-state index in [1.807, 2.05) is 0 Å². The van der Waals surface area contributed by atoms with Gasteiger partial charge in [-0.1, -0.05) is 0 Å². The van der Waals surface area contributed by atoms with Crippen LogP contribution >= 0.6 is 25.0 Å². The largest absolute Gasteiger partial charge is 0.372 e. The fraction of sp³-hybridized carbons (Fsp3) is 0.667. The van der Waals surface area contributed by atoms with Crippen molar-refractivity contribution in [2.24, 2.45) is 11.6 Å². The van der Waals surface area contributed by atoms with E-state index in [-0.39, 0.29) is 18.2 Å². The Balaban J connectivity index is 0. The summed E-state index contributed by atoms with van der Waals surface area (Å²) in [5.74, 6) is 4.09. The first kappa shape index (κ1) is 11.8. The quantitative estimate of drug-likeness (QED) is 0.372. The summed E-state index contributed by atoms with van der Waals surface area (Å²) in [6.07, 6.45) is 0. The lowest BCUT2D eigenvalue weighted by atomic mass is 10.4. The third kappa shape index (κ3) is 4.53. The number of halogens is 1. The lowest BCUT2D eigenvalue weighted by Crippen LogP contribution is -2.35. The van der Waals surface area contributed by atoms with Crippen LogP contribution in [0.25, 0.3) is 0 Å². The van der Waals surface area contributed by atoms with Crippen LogP contribution in [0.15, 0.2) is 0 Å². The number of hydrogen-bond donors (Lipinski definition) is 3. The van der Waals surface area contributed by atoms with Gasteiger partial charge in [0.05, 0.1) is 0 Å². The number of thiol groups is 1. The first-order chi connectivity index (χ1) is 3.72. The van der Waals surface area contributed by atoms with Crippen LogP contribution in [0.2, 0.25) is 0 Å². The third-order valence-corrected chi connectivity index (χ3v) is 1.01. The highest BCUT2D eigenvalue weighted by atomic mass is 35.5. The summed E-state index contributed by atoms with van der Waals surface area (Å²) in [4.78, 5) is 14.0. The predicted molar refractivity (Wildman–Crippen MR) is 39.4 cm³/mol. The second-order valence-corrected chi connectivity index (χ2v) is 1.59. The molecule has 0 aliphatic heterocycles. The van der Waals surface area contributed by atoms with Crippen molar-refractivity contribution in [2.45, 2.75) is 6.04 Å². The van der Waals surface area contributed by atoms with Crippen LogP contribution in [0.4, 0.5) is 0 Å². The zero-order chi connectivity index (χ0) is 6.57. The molecule has 0 bridgehead atoms. The highest BCUT2D eigenvalue weighted by molar-refractivity contribution is 7.80. The molecule has 0 spiro atoms. The molecule has 0 saturated carbocycles. The Hall–Kier alpha value is 0.0300. The topological polar surface area (TPSA) is 78.3 Å². The molecule has 0 aliphatic rings. The number of rotatable bonds is 2. The molecule has 0 aromatic heterocycles. The van der Waals surface area contributed by atoms with E-state index in [1.165, 1.54) is 0 Å². The number of carbonyl (C=O) groups excluding carboxylic acids is 1. The lowest BCUT2D eigenvalue weighted by Gasteiger charge is -2.01. The molecule has 0 rings (SSSR count). The van der Waals surface area contributed by atoms with E-state index in [0.29, 0.717) is 0 Å². The fourth-order valence-corrected chi connectivity index (χ4v) is 0.311. The van der Waals surface area contributed by atoms with E-state index in [9.17, 15) is 4.79 Å². The summed E-state index contributed by atoms with van der Waals surface area (Å²) in [6.45, 7) is 0. The summed E-state index contributed by atoms with van der Waals surface area (Å²) in [5.41, 5.74) is 5.10. The molecule has 56 valence electrons. The van der Waals surface area contributed by atoms with Crippen LogP contribution < -0.4 is 11.6 Å². The van der Waals surface area contributed by atoms with Gasteiger partial charge in [0.15, 0.2) is 0 Å². The Bertz CT molecular complexity index is 91.9. The molecular weight excluding hydrogens is 164 g/mol. The molecule has 0 aromatic rings. The Morgan fingerprint density at radius 3 is 2.33 bits per heavy atom. The predicted octanol–water partition coefficient (Wildman–Crippen LogP) is -0.918. The normalized spacial score (nSPS) is 11.4. The molecule has 1 atom stereocenters. The number of hydrogen-bond acceptors (Lipinski definition) is 5. The van der Waals surface area contributed by atoms with Crippen LogP contribution in [-0.4, -0.2) is 17.8 Å². The van der Waals surface area contributed by atoms with Gasteiger partial charge in [-0.2, -0.15) is 18.5 Å². The van der Waals surface area contributed by atoms with Gasteiger partial charge in [-0.05, 0) is 0 Å². The van der Waals surface area contributed by atoms with Crippen LogP contribution in [0.1, 0.15) is 0 Å². The average Bonchev–Trinajstić information content (AvgIpc) is 1.84. The fourth-order valence-electron chi connectivity index (χ4n) is 0.162. The van der Waals surface area contributed by atoms with Crippen molar-refractivity contribution in [1.29, 1.82) is 0 Å². The maximum atomic E-state index is 10.2. The maximum Gasteiger partial charge on any atom is 0.342 e. The molecule has 0 amide bonds. The van der Waals surface area contributed by atoms with Crippen LogP contribution in [0, 0.1) is 0 Å². The van der Waals surface area contributed by atoms with Crippen LogP contribution in [0.3, 0.4) is 0 Å². The van der Waals surface area contributed by atoms with Crippen molar-refractivity contribution in [3.63, 3.8) is 0 Å². The minimum absolute atomic E-state index is 0. The second kappa shape index (κ2) is 6.15. The number of nitrogens with two attached hydrogens (primary N) is 2. The van der Waals surface area contributed by atoms with Crippen molar-refractivity contribution < 1.29 is 9.63 Å². The van der Waals surface area contributed by atoms with Crippen LogP contribution in [0.5, 0.6) is 0 Å². The summed E-state index contributed by atoms with van der Waals surface area (Å²) >= 11 is 3.73. The van der Waals surface area contributed by atoms with Crippen molar-refractivity contribution in [2.75, 3.05) is 5.75 Å². The second-order valence-electron chi connectivity index (χ2n) is 1.23. The standard InChI is InChI=1S/C3H8N2O2S.ClH/c4-2(1-8)3(6)7-5;/h2,8H,1,4-5H2;1H/t2-;/m0./s1. The van der Waals surface area contributed by atoms with E-state index in [2.05, 4.69) is 23.4 Å². The summed E-state index contributed by atoms with van der Waals surface area (Å²) in [6, 6.07) is -0.705. The third-order valence-electron chi connectivity index (χ3n) is 0.616. The van der Waals surface area contributed by atoms with Gasteiger partial charge in [0, 0.05) is 5.75 Å². The minimum Gasteiger partial charge on any atom is -0.372 e. The van der Waals surface area contributed by atoms with Crippen molar-refractivity contribution in [3.05, 3.63) is 0 Å². The first-order valence-corrected chi connectivity index (χ1v) is 2.62. The van der Waals surface area contributed by atoms with Gasteiger partial charge in [-0.25, -0.2) is 4.79 Å². The summed E-state index contributed by atoms with van der Waals surface area (Å²) < 4.78 is 0. The van der Waals surface area contributed by atoms with Gasteiger partial charge in [0.25, 0.3) is 0 Å². The molecule has 4 nitrogen and oxygen atoms in total. The first-order valence-electron chi connectivity index (χ1n) is 1.99. The molecule has 0 aliphatic carbocycles. The Kier molecular flexibility index (Phi) is 8.06. The molecule has 0 fully saturated rings. The van der Waals surface area contributed by atoms with Crippen molar-refractivity contribution in [1.82, 2.24) is 0 Å². The Labute approximate surface area is 64.7 Å². The van der Waals surface area contributed by atoms with E-state index < -0.39 is 12.0 Å². The molecule has 0 radical (unpaired) electrons. The van der Waals surface area contributed by atoms with Crippen molar-refractivity contribution in [3.8, 4) is 0 Å². The van der Waals surface area contributed by atoms with Gasteiger partial charge in [0.1, 0.15) is 6.04 Å². The zero-order valence-corrected chi connectivity index (χ0v) is 6.32. The molecule has 6 heteroatoms. The van der Waals surface area contributed by atoms with Gasteiger partial charge in [-0.3, -0.25) is 0 Å². The maximum absolute atomic E-state index is 10.2. The summed E-state index contributed by atoms with van der Waals surface area (Å²) in [7, 11) is 0. The SMILES string of the molecule is Cl.NOC(=O)[C@@H](N)CS. The molecule has 0 unspecified atom stereocenters. The van der Waals surface area contributed by atoms with E-state index in [4.69, 9.17) is 5.73 Å². The van der Waals surface area contributed by atoms with E-state index in [1.54, 1.807) is 0 Å². The number of carbonyl (C=O) groups is 1. The van der Waals surface area contributed by atoms with Crippen molar-refractivity contribution >= 4 is 31.0 Å².